The number of fused-ring (bicyclic) bond motifs is 2. The van der Waals surface area contributed by atoms with Gasteiger partial charge in [0, 0.05) is 22.6 Å². The zero-order chi connectivity index (χ0) is 23.9. The van der Waals surface area contributed by atoms with Crippen LogP contribution in [0.1, 0.15) is 35.1 Å². The van der Waals surface area contributed by atoms with Crippen molar-refractivity contribution in [1.29, 1.82) is 0 Å². The minimum Gasteiger partial charge on any atom is -0.394 e. The first kappa shape index (κ1) is 31.6. The molecule has 4 aliphatic rings. The summed E-state index contributed by atoms with van der Waals surface area (Å²) in [4.78, 5) is 0. The lowest BCUT2D eigenvalue weighted by atomic mass is 10.1. The van der Waals surface area contributed by atoms with E-state index in [2.05, 4.69) is 0 Å². The summed E-state index contributed by atoms with van der Waals surface area (Å²) in [5.41, 5.74) is 0. The number of rotatable bonds is 6. The van der Waals surface area contributed by atoms with Crippen LogP contribution in [0, 0.1) is 0 Å². The molecule has 14 heteroatoms. The van der Waals surface area contributed by atoms with E-state index in [1.165, 1.54) is 7.11 Å². The second-order valence-electron chi connectivity index (χ2n) is 8.86. The summed E-state index contributed by atoms with van der Waals surface area (Å²) in [7, 11) is -0.462. The summed E-state index contributed by atoms with van der Waals surface area (Å²) in [5, 5.41) is 9.08. The molecule has 4 aliphatic heterocycles. The molecule has 3 radical (unpaired) electrons. The summed E-state index contributed by atoms with van der Waals surface area (Å²) in [6.07, 6.45) is -2.17. The van der Waals surface area contributed by atoms with E-state index in [0.717, 1.165) is 6.26 Å². The van der Waals surface area contributed by atoms with Crippen LogP contribution in [0.25, 0.3) is 0 Å². The fraction of sp³-hybridized carbons (Fsp3) is 1.00. The van der Waals surface area contributed by atoms with Crippen molar-refractivity contribution in [3.63, 3.8) is 0 Å². The Kier molecular flexibility index (Phi) is 11.0. The average Bonchev–Trinajstić information content (AvgIpc) is 3.36. The number of hydrogen-bond donors (Lipinski definition) is 1. The highest BCUT2D eigenvalue weighted by Crippen LogP contribution is 2.39. The van der Waals surface area contributed by atoms with Crippen molar-refractivity contribution in [2.45, 2.75) is 95.9 Å². The quantitative estimate of drug-likeness (QED) is 0.377. The normalized spacial score (nSPS) is 39.3. The van der Waals surface area contributed by atoms with Gasteiger partial charge in [-0.3, -0.25) is 4.18 Å². The maximum Gasteiger partial charge on any atom is 0.264 e. The van der Waals surface area contributed by atoms with Crippen molar-refractivity contribution in [3.8, 4) is 0 Å². The van der Waals surface area contributed by atoms with Crippen LogP contribution in [0.2, 0.25) is 0 Å². The van der Waals surface area contributed by atoms with Crippen LogP contribution in [0.15, 0.2) is 0 Å². The van der Waals surface area contributed by atoms with Crippen molar-refractivity contribution in [1.82, 2.24) is 0 Å². The van der Waals surface area contributed by atoms with E-state index < -0.39 is 46.5 Å². The number of aliphatic hydroxyl groups excluding tert-OH is 1. The van der Waals surface area contributed by atoms with E-state index >= 15 is 0 Å². The molecule has 0 aliphatic carbocycles. The van der Waals surface area contributed by atoms with Gasteiger partial charge in [0.25, 0.3) is 10.1 Å². The third kappa shape index (κ3) is 7.32. The lowest BCUT2D eigenvalue weighted by Crippen LogP contribution is -2.33. The first-order chi connectivity index (χ1) is 14.8. The minimum absolute atomic E-state index is 0. The first-order valence-corrected chi connectivity index (χ1v) is 12.1. The fourth-order valence-corrected chi connectivity index (χ4v) is 4.52. The second-order valence-corrected chi connectivity index (χ2v) is 10.5. The molecule has 4 heterocycles. The Hall–Kier alpha value is -0.385. The zero-order valence-electron chi connectivity index (χ0n) is 20.0. The Morgan fingerprint density at radius 3 is 1.56 bits per heavy atom. The van der Waals surface area contributed by atoms with Gasteiger partial charge < -0.3 is 43.0 Å². The Bertz CT molecular complexity index is 728. The summed E-state index contributed by atoms with van der Waals surface area (Å²) in [6.45, 7) is 7.05. The molecule has 199 valence electrons. The highest BCUT2D eigenvalue weighted by atomic mass is 32.2. The van der Waals surface area contributed by atoms with Crippen LogP contribution in [0.3, 0.4) is 0 Å². The molecule has 0 amide bonds. The Labute approximate surface area is 204 Å². The molecule has 0 aromatic heterocycles. The standard InChI is InChI=1S/C10H18O7S.C9H16O5.CH4.B/c1-10(2)16-7-6(5-14-18(4,11)12)15-9(13-3)8(7)17-10;1-9(2)13-6-5(4-10)12-8(11-3)7(6)14-9;;/h6-9H,5H2,1-4H3;5-8,10H,4H2,1-3H3;1H4;/t6-,7-,8-,9?;5-,6-,7-,8?;;/m11../s1. The number of methoxy groups -OCH3 is 2. The predicted molar refractivity (Wildman–Crippen MR) is 119 cm³/mol. The van der Waals surface area contributed by atoms with E-state index in [4.69, 9.17) is 47.2 Å². The van der Waals surface area contributed by atoms with E-state index in [9.17, 15) is 8.42 Å². The molecule has 0 aromatic carbocycles. The molecule has 0 aromatic rings. The van der Waals surface area contributed by atoms with Crippen molar-refractivity contribution in [2.24, 2.45) is 0 Å². The summed E-state index contributed by atoms with van der Waals surface area (Å²) in [5.74, 6) is -1.36. The third-order valence-corrected chi connectivity index (χ3v) is 5.87. The Balaban J connectivity index is 0.000000329. The van der Waals surface area contributed by atoms with E-state index in [0.29, 0.717) is 0 Å². The van der Waals surface area contributed by atoms with Crippen molar-refractivity contribution in [3.05, 3.63) is 0 Å². The third-order valence-electron chi connectivity index (χ3n) is 5.31. The molecule has 34 heavy (non-hydrogen) atoms. The summed E-state index contributed by atoms with van der Waals surface area (Å²) >= 11 is 0. The molecular weight excluding hydrogens is 475 g/mol. The van der Waals surface area contributed by atoms with Gasteiger partial charge in [0.1, 0.15) is 36.6 Å². The second kappa shape index (κ2) is 11.8. The van der Waals surface area contributed by atoms with Gasteiger partial charge in [-0.25, -0.2) is 0 Å². The van der Waals surface area contributed by atoms with Crippen molar-refractivity contribution in [2.75, 3.05) is 33.7 Å². The Morgan fingerprint density at radius 1 is 0.794 bits per heavy atom. The molecule has 0 saturated carbocycles. The molecule has 12 nitrogen and oxygen atoms in total. The number of ether oxygens (including phenoxy) is 8. The van der Waals surface area contributed by atoms with Crippen LogP contribution in [-0.4, -0.2) is 116 Å². The van der Waals surface area contributed by atoms with Crippen LogP contribution in [-0.2, 0) is 52.2 Å². The molecule has 0 bridgehead atoms. The Morgan fingerprint density at radius 2 is 1.18 bits per heavy atom. The van der Waals surface area contributed by atoms with E-state index in [1.807, 2.05) is 13.8 Å². The largest absolute Gasteiger partial charge is 0.394 e. The molecular formula is C20H38BO12S. The van der Waals surface area contributed by atoms with Crippen LogP contribution < -0.4 is 0 Å². The topological polar surface area (TPSA) is 137 Å². The maximum absolute atomic E-state index is 11.0. The molecule has 4 fully saturated rings. The van der Waals surface area contributed by atoms with Gasteiger partial charge in [0.05, 0.1) is 19.5 Å². The minimum atomic E-state index is -3.51. The maximum atomic E-state index is 11.0. The highest BCUT2D eigenvalue weighted by molar-refractivity contribution is 7.85. The molecule has 4 saturated heterocycles. The van der Waals surface area contributed by atoms with E-state index in [-0.39, 0.29) is 53.5 Å². The SMILES string of the molecule is C.COC1O[C@H](CO)[C@H]2OC(C)(C)O[C@@H]12.COC1O[C@H](COS(C)(=O)=O)[C@H]2OC(C)(C)O[C@@H]12.[B]. The highest BCUT2D eigenvalue weighted by Gasteiger charge is 2.56. The molecule has 2 unspecified atom stereocenters. The first-order valence-electron chi connectivity index (χ1n) is 10.3. The number of aliphatic hydroxyl groups is 1. The summed E-state index contributed by atoms with van der Waals surface area (Å²) in [6, 6.07) is 0. The molecule has 8 atom stereocenters. The van der Waals surface area contributed by atoms with Crippen molar-refractivity contribution >= 4 is 18.5 Å². The molecule has 1 N–H and O–H groups in total. The van der Waals surface area contributed by atoms with Gasteiger partial charge in [0.2, 0.25) is 0 Å². The van der Waals surface area contributed by atoms with Crippen molar-refractivity contribution < 1.29 is 55.6 Å². The van der Waals surface area contributed by atoms with Gasteiger partial charge in [0.15, 0.2) is 24.2 Å². The molecule has 4 rings (SSSR count). The number of hydrogen-bond acceptors (Lipinski definition) is 12. The van der Waals surface area contributed by atoms with Gasteiger partial charge >= 0.3 is 0 Å². The lowest BCUT2D eigenvalue weighted by Gasteiger charge is -2.23. The smallest absolute Gasteiger partial charge is 0.264 e. The lowest BCUT2D eigenvalue weighted by molar-refractivity contribution is -0.230. The summed E-state index contributed by atoms with van der Waals surface area (Å²) < 4.78 is 70.4. The predicted octanol–water partition coefficient (Wildman–Crippen LogP) is -0.0206. The van der Waals surface area contributed by atoms with Gasteiger partial charge in [-0.2, -0.15) is 8.42 Å². The van der Waals surface area contributed by atoms with Gasteiger partial charge in [-0.1, -0.05) is 7.43 Å². The monoisotopic (exact) mass is 513 g/mol. The van der Waals surface area contributed by atoms with Gasteiger partial charge in [-0.15, -0.1) is 0 Å². The van der Waals surface area contributed by atoms with Crippen LogP contribution in [0.4, 0.5) is 0 Å². The fourth-order valence-electron chi connectivity index (χ4n) is 4.14. The molecule has 0 spiro atoms. The van der Waals surface area contributed by atoms with E-state index in [1.54, 1.807) is 21.0 Å². The van der Waals surface area contributed by atoms with Crippen LogP contribution >= 0.6 is 0 Å². The van der Waals surface area contributed by atoms with Crippen LogP contribution in [0.5, 0.6) is 0 Å². The average molecular weight is 513 g/mol. The zero-order valence-corrected chi connectivity index (χ0v) is 20.8. The van der Waals surface area contributed by atoms with Gasteiger partial charge in [-0.05, 0) is 27.7 Å².